The maximum Gasteiger partial charge on any atom is 0.311 e. The third-order valence-electron chi connectivity index (χ3n) is 3.98. The number of unbranched alkanes of at least 4 members (excludes halogenated alkanes) is 2. The number of rotatable bonds is 5. The lowest BCUT2D eigenvalue weighted by Gasteiger charge is -2.12. The van der Waals surface area contributed by atoms with Crippen LogP contribution in [0.4, 0.5) is 0 Å². The molecule has 0 atom stereocenters. The monoisotopic (exact) mass is 370 g/mol. The van der Waals surface area contributed by atoms with Crippen LogP contribution < -0.4 is 4.74 Å². The predicted molar refractivity (Wildman–Crippen MR) is 98.9 cm³/mol. The van der Waals surface area contributed by atoms with Crippen molar-refractivity contribution in [2.45, 2.75) is 32.6 Å². The van der Waals surface area contributed by atoms with Crippen molar-refractivity contribution in [1.29, 1.82) is 0 Å². The number of benzene rings is 3. The molecule has 23 heavy (non-hydrogen) atoms. The van der Waals surface area contributed by atoms with Crippen LogP contribution >= 0.6 is 15.9 Å². The Morgan fingerprint density at radius 1 is 1.00 bits per heavy atom. The zero-order valence-corrected chi connectivity index (χ0v) is 14.7. The van der Waals surface area contributed by atoms with Gasteiger partial charge in [-0.25, -0.2) is 0 Å². The number of carbonyl (C=O) groups excluding carboxylic acids is 1. The molecule has 0 saturated heterocycles. The minimum absolute atomic E-state index is 0.156. The van der Waals surface area contributed by atoms with E-state index in [0.717, 1.165) is 45.3 Å². The van der Waals surface area contributed by atoms with E-state index >= 15 is 0 Å². The lowest BCUT2D eigenvalue weighted by atomic mass is 10.0. The van der Waals surface area contributed by atoms with Crippen molar-refractivity contribution in [3.63, 3.8) is 0 Å². The third kappa shape index (κ3) is 3.56. The zero-order chi connectivity index (χ0) is 16.2. The maximum absolute atomic E-state index is 12.2. The van der Waals surface area contributed by atoms with Crippen molar-refractivity contribution in [3.05, 3.63) is 53.0 Å². The molecule has 3 heteroatoms. The van der Waals surface area contributed by atoms with Crippen LogP contribution in [0, 0.1) is 0 Å². The number of hydrogen-bond acceptors (Lipinski definition) is 2. The Labute approximate surface area is 144 Å². The number of fused-ring (bicyclic) bond motifs is 2. The van der Waals surface area contributed by atoms with Gasteiger partial charge in [-0.3, -0.25) is 4.79 Å². The van der Waals surface area contributed by atoms with Crippen LogP contribution in [0.2, 0.25) is 0 Å². The largest absolute Gasteiger partial charge is 0.425 e. The van der Waals surface area contributed by atoms with Crippen molar-refractivity contribution in [2.75, 3.05) is 0 Å². The molecule has 2 nitrogen and oxygen atoms in total. The Morgan fingerprint density at radius 2 is 1.78 bits per heavy atom. The Kier molecular flexibility index (Phi) is 4.97. The first-order valence-electron chi connectivity index (χ1n) is 8.00. The van der Waals surface area contributed by atoms with Crippen molar-refractivity contribution in [2.24, 2.45) is 0 Å². The van der Waals surface area contributed by atoms with E-state index in [2.05, 4.69) is 28.9 Å². The first kappa shape index (κ1) is 16.0. The second-order valence-electron chi connectivity index (χ2n) is 5.72. The SMILES string of the molecule is CCCCCC(=O)Oc1c2ccccc2cc2ccc(Br)cc12. The molecule has 0 aliphatic heterocycles. The van der Waals surface area contributed by atoms with Gasteiger partial charge in [-0.15, -0.1) is 0 Å². The van der Waals surface area contributed by atoms with Gasteiger partial charge in [-0.05, 0) is 35.4 Å². The third-order valence-corrected chi connectivity index (χ3v) is 4.47. The summed E-state index contributed by atoms with van der Waals surface area (Å²) in [5.74, 6) is 0.511. The van der Waals surface area contributed by atoms with Crippen LogP contribution in [-0.2, 0) is 4.79 Å². The molecule has 3 rings (SSSR count). The minimum atomic E-state index is -0.156. The maximum atomic E-state index is 12.2. The quantitative estimate of drug-likeness (QED) is 0.230. The molecular weight excluding hydrogens is 352 g/mol. The van der Waals surface area contributed by atoms with Crippen LogP contribution in [0.25, 0.3) is 21.5 Å². The summed E-state index contributed by atoms with van der Waals surface area (Å²) in [6.45, 7) is 2.13. The normalized spacial score (nSPS) is 11.0. The fourth-order valence-electron chi connectivity index (χ4n) is 2.79. The summed E-state index contributed by atoms with van der Waals surface area (Å²) in [6, 6.07) is 16.2. The molecule has 0 spiro atoms. The van der Waals surface area contributed by atoms with Gasteiger partial charge in [0.15, 0.2) is 0 Å². The highest BCUT2D eigenvalue weighted by Gasteiger charge is 2.13. The topological polar surface area (TPSA) is 26.3 Å². The van der Waals surface area contributed by atoms with Gasteiger partial charge >= 0.3 is 5.97 Å². The lowest BCUT2D eigenvalue weighted by Crippen LogP contribution is -2.08. The average molecular weight is 371 g/mol. The standard InChI is InChI=1S/C20H19BrO2/c1-2-3-4-9-19(22)23-20-17-8-6-5-7-14(17)12-15-10-11-16(21)13-18(15)20/h5-8,10-13H,2-4,9H2,1H3. The average Bonchev–Trinajstić information content (AvgIpc) is 2.55. The van der Waals surface area contributed by atoms with Gasteiger partial charge in [-0.2, -0.15) is 0 Å². The number of ether oxygens (including phenoxy) is 1. The van der Waals surface area contributed by atoms with Crippen molar-refractivity contribution in [1.82, 2.24) is 0 Å². The fraction of sp³-hybridized carbons (Fsp3) is 0.250. The molecule has 0 N–H and O–H groups in total. The molecule has 0 amide bonds. The number of hydrogen-bond donors (Lipinski definition) is 0. The van der Waals surface area contributed by atoms with Crippen LogP contribution in [0.3, 0.4) is 0 Å². The molecule has 118 valence electrons. The van der Waals surface area contributed by atoms with Gasteiger partial charge in [-0.1, -0.05) is 66.0 Å². The Morgan fingerprint density at radius 3 is 2.61 bits per heavy atom. The molecular formula is C20H19BrO2. The summed E-state index contributed by atoms with van der Waals surface area (Å²) in [7, 11) is 0. The number of halogens is 1. The van der Waals surface area contributed by atoms with Gasteiger partial charge < -0.3 is 4.74 Å². The summed E-state index contributed by atoms with van der Waals surface area (Å²) < 4.78 is 6.76. The van der Waals surface area contributed by atoms with Crippen LogP contribution in [0.1, 0.15) is 32.6 Å². The molecule has 0 fully saturated rings. The van der Waals surface area contributed by atoms with Crippen molar-refractivity contribution in [3.8, 4) is 5.75 Å². The second-order valence-corrected chi connectivity index (χ2v) is 6.64. The van der Waals surface area contributed by atoms with Crippen LogP contribution in [0.15, 0.2) is 53.0 Å². The van der Waals surface area contributed by atoms with E-state index in [-0.39, 0.29) is 5.97 Å². The van der Waals surface area contributed by atoms with Gasteiger partial charge in [0.05, 0.1) is 0 Å². The summed E-state index contributed by atoms with van der Waals surface area (Å²) in [5, 5.41) is 4.09. The molecule has 0 heterocycles. The number of carbonyl (C=O) groups is 1. The fourth-order valence-corrected chi connectivity index (χ4v) is 3.15. The first-order chi connectivity index (χ1) is 11.2. The summed E-state index contributed by atoms with van der Waals surface area (Å²) in [4.78, 5) is 12.2. The van der Waals surface area contributed by atoms with E-state index in [1.807, 2.05) is 42.5 Å². The first-order valence-corrected chi connectivity index (χ1v) is 8.80. The predicted octanol–water partition coefficient (Wildman–Crippen LogP) is 6.24. The molecule has 0 radical (unpaired) electrons. The minimum Gasteiger partial charge on any atom is -0.425 e. The van der Waals surface area contributed by atoms with E-state index in [9.17, 15) is 4.79 Å². The van der Waals surface area contributed by atoms with E-state index in [1.165, 1.54) is 0 Å². The Balaban J connectivity index is 2.07. The molecule has 3 aromatic carbocycles. The summed E-state index contributed by atoms with van der Waals surface area (Å²) >= 11 is 3.51. The summed E-state index contributed by atoms with van der Waals surface area (Å²) in [5.41, 5.74) is 0. The smallest absolute Gasteiger partial charge is 0.311 e. The lowest BCUT2D eigenvalue weighted by molar-refractivity contribution is -0.134. The second kappa shape index (κ2) is 7.14. The molecule has 0 aliphatic carbocycles. The molecule has 0 bridgehead atoms. The highest BCUT2D eigenvalue weighted by molar-refractivity contribution is 9.10. The molecule has 3 aromatic rings. The van der Waals surface area contributed by atoms with Crippen molar-refractivity contribution < 1.29 is 9.53 Å². The Hall–Kier alpha value is -1.87. The van der Waals surface area contributed by atoms with Gasteiger partial charge in [0.2, 0.25) is 0 Å². The highest BCUT2D eigenvalue weighted by Crippen LogP contribution is 2.36. The molecule has 0 aliphatic rings. The van der Waals surface area contributed by atoms with Crippen LogP contribution in [-0.4, -0.2) is 5.97 Å². The molecule has 0 aromatic heterocycles. The van der Waals surface area contributed by atoms with Gasteiger partial charge in [0.1, 0.15) is 5.75 Å². The highest BCUT2D eigenvalue weighted by atomic mass is 79.9. The van der Waals surface area contributed by atoms with E-state index in [4.69, 9.17) is 4.74 Å². The van der Waals surface area contributed by atoms with E-state index < -0.39 is 0 Å². The Bertz CT molecular complexity index is 855. The van der Waals surface area contributed by atoms with Crippen LogP contribution in [0.5, 0.6) is 5.75 Å². The van der Waals surface area contributed by atoms with E-state index in [1.54, 1.807) is 0 Å². The summed E-state index contributed by atoms with van der Waals surface area (Å²) in [6.07, 6.45) is 3.49. The van der Waals surface area contributed by atoms with Gasteiger partial charge in [0, 0.05) is 21.7 Å². The van der Waals surface area contributed by atoms with E-state index in [0.29, 0.717) is 12.2 Å². The molecule has 0 saturated carbocycles. The van der Waals surface area contributed by atoms with Crippen molar-refractivity contribution >= 4 is 43.4 Å². The van der Waals surface area contributed by atoms with Gasteiger partial charge in [0.25, 0.3) is 0 Å². The zero-order valence-electron chi connectivity index (χ0n) is 13.1. The molecule has 0 unspecified atom stereocenters. The number of esters is 1.